The van der Waals surface area contributed by atoms with Crippen molar-refractivity contribution < 1.29 is 23.9 Å². The Hall–Kier alpha value is -2.83. The van der Waals surface area contributed by atoms with E-state index in [2.05, 4.69) is 0 Å². The molecule has 0 heterocycles. The molecule has 3 N–H and O–H groups in total. The first-order chi connectivity index (χ1) is 9.92. The summed E-state index contributed by atoms with van der Waals surface area (Å²) in [6.07, 6.45) is 1.58. The van der Waals surface area contributed by atoms with Gasteiger partial charge in [0.2, 0.25) is 0 Å². The quantitative estimate of drug-likeness (QED) is 0.617. The predicted octanol–water partition coefficient (Wildman–Crippen LogP) is 0.835. The Balaban J connectivity index is 2.53. The number of hydrogen-bond acceptors (Lipinski definition) is 5. The van der Waals surface area contributed by atoms with Crippen LogP contribution >= 0.6 is 0 Å². The molecular weight excluding hydrogens is 276 g/mol. The number of ether oxygens (including phenoxy) is 2. The average molecular weight is 292 g/mol. The Kier molecular flexibility index (Phi) is 5.94. The van der Waals surface area contributed by atoms with Crippen molar-refractivity contribution in [3.05, 3.63) is 35.9 Å². The molecule has 112 valence electrons. The van der Waals surface area contributed by atoms with E-state index in [1.807, 2.05) is 5.32 Å². The van der Waals surface area contributed by atoms with Gasteiger partial charge in [0, 0.05) is 6.08 Å². The van der Waals surface area contributed by atoms with Gasteiger partial charge in [-0.15, -0.1) is 0 Å². The second kappa shape index (κ2) is 7.68. The molecule has 0 bridgehead atoms. The van der Waals surface area contributed by atoms with Crippen LogP contribution in [0.2, 0.25) is 0 Å². The number of benzene rings is 1. The minimum Gasteiger partial charge on any atom is -0.497 e. The number of nitrogens with two attached hydrogens (primary N) is 1. The van der Waals surface area contributed by atoms with Crippen LogP contribution in [-0.2, 0) is 14.3 Å². The predicted molar refractivity (Wildman–Crippen MR) is 75.3 cm³/mol. The SMILES string of the molecule is COc1ccc(/C=C/C(=O)O[C@H](C)C(=O)NC(N)=O)cc1. The Bertz CT molecular complexity index is 551. The van der Waals surface area contributed by atoms with Crippen LogP contribution in [0.4, 0.5) is 4.79 Å². The molecule has 0 radical (unpaired) electrons. The number of rotatable bonds is 5. The minimum absolute atomic E-state index is 0.700. The fourth-order valence-electron chi connectivity index (χ4n) is 1.37. The first-order valence-electron chi connectivity index (χ1n) is 6.05. The molecule has 0 saturated carbocycles. The van der Waals surface area contributed by atoms with Crippen molar-refractivity contribution in [3.63, 3.8) is 0 Å². The van der Waals surface area contributed by atoms with Crippen LogP contribution in [0.15, 0.2) is 30.3 Å². The zero-order chi connectivity index (χ0) is 15.8. The summed E-state index contributed by atoms with van der Waals surface area (Å²) in [4.78, 5) is 33.3. The summed E-state index contributed by atoms with van der Waals surface area (Å²) in [5.41, 5.74) is 5.55. The lowest BCUT2D eigenvalue weighted by Crippen LogP contribution is -2.42. The van der Waals surface area contributed by atoms with Gasteiger partial charge in [-0.05, 0) is 30.7 Å². The molecule has 1 aromatic carbocycles. The molecular formula is C14H16N2O5. The summed E-state index contributed by atoms with van der Waals surface area (Å²) in [5, 5.41) is 1.82. The number of amides is 3. The van der Waals surface area contributed by atoms with E-state index in [0.29, 0.717) is 5.75 Å². The van der Waals surface area contributed by atoms with Crippen LogP contribution in [0, 0.1) is 0 Å². The van der Waals surface area contributed by atoms with Gasteiger partial charge >= 0.3 is 12.0 Å². The summed E-state index contributed by atoms with van der Waals surface area (Å²) in [6.45, 7) is 1.33. The average Bonchev–Trinajstić information content (AvgIpc) is 2.44. The zero-order valence-electron chi connectivity index (χ0n) is 11.7. The molecule has 1 rings (SSSR count). The highest BCUT2D eigenvalue weighted by molar-refractivity contribution is 5.97. The number of primary amides is 1. The first kappa shape index (κ1) is 16.2. The number of carbonyl (C=O) groups excluding carboxylic acids is 3. The van der Waals surface area contributed by atoms with Crippen molar-refractivity contribution in [1.29, 1.82) is 0 Å². The van der Waals surface area contributed by atoms with Gasteiger partial charge in [-0.3, -0.25) is 10.1 Å². The standard InChI is InChI=1S/C14H16N2O5/c1-9(13(18)16-14(15)19)21-12(17)8-5-10-3-6-11(20-2)7-4-10/h3-9H,1-2H3,(H3,15,16,18,19)/b8-5+/t9-/m1/s1. The van der Waals surface area contributed by atoms with Crippen molar-refractivity contribution in [1.82, 2.24) is 5.32 Å². The van der Waals surface area contributed by atoms with Crippen LogP contribution in [0.3, 0.4) is 0 Å². The van der Waals surface area contributed by atoms with Gasteiger partial charge in [0.05, 0.1) is 7.11 Å². The lowest BCUT2D eigenvalue weighted by Gasteiger charge is -2.10. The first-order valence-corrected chi connectivity index (χ1v) is 6.05. The van der Waals surface area contributed by atoms with Gasteiger partial charge in [-0.25, -0.2) is 9.59 Å². The largest absolute Gasteiger partial charge is 0.497 e. The van der Waals surface area contributed by atoms with E-state index < -0.39 is 24.0 Å². The van der Waals surface area contributed by atoms with Crippen molar-refractivity contribution >= 4 is 24.0 Å². The number of hydrogen-bond donors (Lipinski definition) is 2. The molecule has 0 aliphatic rings. The number of urea groups is 1. The second-order valence-corrected chi connectivity index (χ2v) is 4.04. The Labute approximate surface area is 121 Å². The van der Waals surface area contributed by atoms with Crippen LogP contribution in [0.5, 0.6) is 5.75 Å². The highest BCUT2D eigenvalue weighted by Gasteiger charge is 2.17. The van der Waals surface area contributed by atoms with Gasteiger partial charge in [0.1, 0.15) is 5.75 Å². The topological polar surface area (TPSA) is 108 Å². The fraction of sp³-hybridized carbons (Fsp3) is 0.214. The third kappa shape index (κ3) is 5.77. The molecule has 7 nitrogen and oxygen atoms in total. The minimum atomic E-state index is -1.12. The maximum atomic E-state index is 11.5. The molecule has 0 spiro atoms. The molecule has 0 saturated heterocycles. The fourth-order valence-corrected chi connectivity index (χ4v) is 1.37. The Morgan fingerprint density at radius 1 is 1.24 bits per heavy atom. The van der Waals surface area contributed by atoms with Gasteiger partial charge in [-0.2, -0.15) is 0 Å². The van der Waals surface area contributed by atoms with Crippen molar-refractivity contribution in [2.24, 2.45) is 5.73 Å². The maximum absolute atomic E-state index is 11.5. The van der Waals surface area contributed by atoms with E-state index in [0.717, 1.165) is 5.56 Å². The normalized spacial score (nSPS) is 11.7. The summed E-state index contributed by atoms with van der Waals surface area (Å²) in [6, 6.07) is 6.00. The molecule has 3 amide bonds. The number of imide groups is 1. The summed E-state index contributed by atoms with van der Waals surface area (Å²) < 4.78 is 9.82. The lowest BCUT2D eigenvalue weighted by molar-refractivity contribution is -0.149. The summed E-state index contributed by atoms with van der Waals surface area (Å²) in [7, 11) is 1.56. The molecule has 0 fully saturated rings. The third-order valence-electron chi connectivity index (χ3n) is 2.44. The maximum Gasteiger partial charge on any atom is 0.331 e. The highest BCUT2D eigenvalue weighted by Crippen LogP contribution is 2.12. The third-order valence-corrected chi connectivity index (χ3v) is 2.44. The number of methoxy groups -OCH3 is 1. The monoisotopic (exact) mass is 292 g/mol. The van der Waals surface area contributed by atoms with Gasteiger partial charge in [-0.1, -0.05) is 12.1 Å². The van der Waals surface area contributed by atoms with Crippen molar-refractivity contribution in [3.8, 4) is 5.75 Å². The summed E-state index contributed by atoms with van der Waals surface area (Å²) in [5.74, 6) is -0.793. The summed E-state index contributed by atoms with van der Waals surface area (Å²) >= 11 is 0. The smallest absolute Gasteiger partial charge is 0.331 e. The van der Waals surface area contributed by atoms with Gasteiger partial charge < -0.3 is 15.2 Å². The molecule has 1 aromatic rings. The zero-order valence-corrected chi connectivity index (χ0v) is 11.7. The number of nitrogens with one attached hydrogen (secondary N) is 1. The molecule has 0 aliphatic heterocycles. The van der Waals surface area contributed by atoms with Crippen LogP contribution in [0.25, 0.3) is 6.08 Å². The Morgan fingerprint density at radius 2 is 1.86 bits per heavy atom. The molecule has 0 unspecified atom stereocenters. The lowest BCUT2D eigenvalue weighted by atomic mass is 10.2. The van der Waals surface area contributed by atoms with E-state index in [4.69, 9.17) is 15.2 Å². The molecule has 0 aliphatic carbocycles. The highest BCUT2D eigenvalue weighted by atomic mass is 16.5. The van der Waals surface area contributed by atoms with E-state index in [9.17, 15) is 14.4 Å². The molecule has 1 atom stereocenters. The van der Waals surface area contributed by atoms with Crippen LogP contribution in [0.1, 0.15) is 12.5 Å². The van der Waals surface area contributed by atoms with Crippen LogP contribution < -0.4 is 15.8 Å². The van der Waals surface area contributed by atoms with Crippen molar-refractivity contribution in [2.75, 3.05) is 7.11 Å². The molecule has 21 heavy (non-hydrogen) atoms. The van der Waals surface area contributed by atoms with E-state index in [1.165, 1.54) is 19.1 Å². The number of carbonyl (C=O) groups is 3. The second-order valence-electron chi connectivity index (χ2n) is 4.04. The van der Waals surface area contributed by atoms with Crippen molar-refractivity contribution in [2.45, 2.75) is 13.0 Å². The van der Waals surface area contributed by atoms with Gasteiger partial charge in [0.15, 0.2) is 6.10 Å². The van der Waals surface area contributed by atoms with E-state index in [-0.39, 0.29) is 0 Å². The number of esters is 1. The van der Waals surface area contributed by atoms with E-state index in [1.54, 1.807) is 31.4 Å². The van der Waals surface area contributed by atoms with E-state index >= 15 is 0 Å². The van der Waals surface area contributed by atoms with Crippen LogP contribution in [-0.4, -0.2) is 31.1 Å². The molecule has 0 aromatic heterocycles. The molecule has 7 heteroatoms. The Morgan fingerprint density at radius 3 is 2.38 bits per heavy atom. The van der Waals surface area contributed by atoms with Gasteiger partial charge in [0.25, 0.3) is 5.91 Å².